The first kappa shape index (κ1) is 13.5. The molecule has 0 saturated carbocycles. The molecule has 0 aliphatic rings. The van der Waals surface area contributed by atoms with Crippen LogP contribution in [0, 0.1) is 6.92 Å². The molecule has 0 fully saturated rings. The first-order chi connectivity index (χ1) is 8.69. The number of halogens is 1. The topological polar surface area (TPSA) is 26.0 Å². The van der Waals surface area contributed by atoms with Gasteiger partial charge in [0.1, 0.15) is 0 Å². The first-order valence-corrected chi connectivity index (χ1v) is 7.22. The molecule has 0 radical (unpaired) electrons. The number of nitrogens with two attached hydrogens (primary N) is 1. The molecule has 2 rings (SSSR count). The van der Waals surface area contributed by atoms with Crippen LogP contribution in [0.5, 0.6) is 0 Å². The zero-order valence-corrected chi connectivity index (χ0v) is 11.9. The van der Waals surface area contributed by atoms with E-state index in [4.69, 9.17) is 17.3 Å². The average Bonchev–Trinajstić information content (AvgIpc) is 2.37. The highest BCUT2D eigenvalue weighted by Crippen LogP contribution is 2.26. The van der Waals surface area contributed by atoms with Gasteiger partial charge < -0.3 is 5.73 Å². The summed E-state index contributed by atoms with van der Waals surface area (Å²) < 4.78 is 0. The molecule has 0 spiro atoms. The second-order valence-electron chi connectivity index (χ2n) is 4.21. The van der Waals surface area contributed by atoms with Gasteiger partial charge in [-0.25, -0.2) is 0 Å². The van der Waals surface area contributed by atoms with E-state index in [2.05, 4.69) is 31.2 Å². The minimum atomic E-state index is 0.600. The molecule has 2 aromatic carbocycles. The van der Waals surface area contributed by atoms with Crippen molar-refractivity contribution in [3.8, 4) is 0 Å². The Bertz CT molecular complexity index is 540. The van der Waals surface area contributed by atoms with Crippen molar-refractivity contribution >= 4 is 23.4 Å². The highest BCUT2D eigenvalue weighted by Gasteiger charge is 2.01. The van der Waals surface area contributed by atoms with Crippen LogP contribution in [0.1, 0.15) is 16.7 Å². The van der Waals surface area contributed by atoms with Crippen molar-refractivity contribution in [1.29, 1.82) is 0 Å². The first-order valence-electron chi connectivity index (χ1n) is 5.86. The Kier molecular flexibility index (Phi) is 4.70. The van der Waals surface area contributed by atoms with Crippen molar-refractivity contribution in [3.05, 3.63) is 64.2 Å². The van der Waals surface area contributed by atoms with Crippen molar-refractivity contribution in [2.45, 2.75) is 24.1 Å². The summed E-state index contributed by atoms with van der Waals surface area (Å²) >= 11 is 7.77. The molecule has 0 saturated heterocycles. The van der Waals surface area contributed by atoms with E-state index in [1.165, 1.54) is 21.6 Å². The molecule has 0 aliphatic carbocycles. The van der Waals surface area contributed by atoms with Crippen LogP contribution in [-0.4, -0.2) is 0 Å². The summed E-state index contributed by atoms with van der Waals surface area (Å²) in [6.07, 6.45) is 0. The fourth-order valence-electron chi connectivity index (χ4n) is 1.76. The predicted molar refractivity (Wildman–Crippen MR) is 80.1 cm³/mol. The molecule has 0 aromatic heterocycles. The van der Waals surface area contributed by atoms with Gasteiger partial charge >= 0.3 is 0 Å². The van der Waals surface area contributed by atoms with E-state index in [9.17, 15) is 0 Å². The lowest BCUT2D eigenvalue weighted by molar-refractivity contribution is 1.06. The van der Waals surface area contributed by atoms with Crippen LogP contribution < -0.4 is 5.73 Å². The molecule has 0 bridgehead atoms. The predicted octanol–water partition coefficient (Wildman–Crippen LogP) is 4.40. The fourth-order valence-corrected chi connectivity index (χ4v) is 3.05. The molecular weight excluding hydrogens is 262 g/mol. The standard InChI is InChI=1S/C15H16ClNS/c1-11-7-12(9-17)5-6-13(11)10-18-15-4-2-3-14(16)8-15/h2-8H,9-10,17H2,1H3. The maximum Gasteiger partial charge on any atom is 0.0417 e. The van der Waals surface area contributed by atoms with Crippen LogP contribution in [0.2, 0.25) is 5.02 Å². The maximum absolute atomic E-state index is 5.97. The fraction of sp³-hybridized carbons (Fsp3) is 0.200. The van der Waals surface area contributed by atoms with Gasteiger partial charge in [0, 0.05) is 22.2 Å². The zero-order chi connectivity index (χ0) is 13.0. The van der Waals surface area contributed by atoms with Crippen molar-refractivity contribution in [2.75, 3.05) is 0 Å². The molecule has 18 heavy (non-hydrogen) atoms. The normalized spacial score (nSPS) is 10.6. The SMILES string of the molecule is Cc1cc(CN)ccc1CSc1cccc(Cl)c1. The number of rotatable bonds is 4. The van der Waals surface area contributed by atoms with Crippen LogP contribution in [0.4, 0.5) is 0 Å². The smallest absolute Gasteiger partial charge is 0.0417 e. The van der Waals surface area contributed by atoms with Gasteiger partial charge in [-0.2, -0.15) is 0 Å². The van der Waals surface area contributed by atoms with Gasteiger partial charge in [0.25, 0.3) is 0 Å². The monoisotopic (exact) mass is 277 g/mol. The summed E-state index contributed by atoms with van der Waals surface area (Å²) in [7, 11) is 0. The molecule has 0 heterocycles. The lowest BCUT2D eigenvalue weighted by Crippen LogP contribution is -1.97. The molecule has 94 valence electrons. The van der Waals surface area contributed by atoms with E-state index in [1.807, 2.05) is 18.2 Å². The van der Waals surface area contributed by atoms with Gasteiger partial charge in [-0.3, -0.25) is 0 Å². The summed E-state index contributed by atoms with van der Waals surface area (Å²) in [5.41, 5.74) is 9.46. The van der Waals surface area contributed by atoms with Crippen LogP contribution in [0.15, 0.2) is 47.4 Å². The molecule has 2 N–H and O–H groups in total. The lowest BCUT2D eigenvalue weighted by Gasteiger charge is -2.08. The van der Waals surface area contributed by atoms with Crippen LogP contribution in [0.25, 0.3) is 0 Å². The number of benzene rings is 2. The van der Waals surface area contributed by atoms with Gasteiger partial charge in [-0.05, 0) is 41.8 Å². The number of hydrogen-bond acceptors (Lipinski definition) is 2. The largest absolute Gasteiger partial charge is 0.326 e. The third-order valence-electron chi connectivity index (χ3n) is 2.83. The third-order valence-corrected chi connectivity index (χ3v) is 4.11. The summed E-state index contributed by atoms with van der Waals surface area (Å²) in [6, 6.07) is 14.4. The van der Waals surface area contributed by atoms with E-state index < -0.39 is 0 Å². The summed E-state index contributed by atoms with van der Waals surface area (Å²) in [5.74, 6) is 0.955. The molecular formula is C15H16ClNS. The van der Waals surface area contributed by atoms with Crippen molar-refractivity contribution in [1.82, 2.24) is 0 Å². The Balaban J connectivity index is 2.06. The van der Waals surface area contributed by atoms with E-state index >= 15 is 0 Å². The average molecular weight is 278 g/mol. The van der Waals surface area contributed by atoms with E-state index in [0.29, 0.717) is 6.54 Å². The van der Waals surface area contributed by atoms with Crippen LogP contribution in [0.3, 0.4) is 0 Å². The molecule has 0 unspecified atom stereocenters. The summed E-state index contributed by atoms with van der Waals surface area (Å²) in [4.78, 5) is 1.20. The number of thioether (sulfide) groups is 1. The highest BCUT2D eigenvalue weighted by atomic mass is 35.5. The Morgan fingerprint density at radius 2 is 2.00 bits per heavy atom. The van der Waals surface area contributed by atoms with Gasteiger partial charge in [0.2, 0.25) is 0 Å². The quantitative estimate of drug-likeness (QED) is 0.839. The minimum absolute atomic E-state index is 0.600. The van der Waals surface area contributed by atoms with E-state index in [0.717, 1.165) is 10.8 Å². The van der Waals surface area contributed by atoms with Gasteiger partial charge in [0.15, 0.2) is 0 Å². The lowest BCUT2D eigenvalue weighted by atomic mass is 10.1. The molecule has 0 aliphatic heterocycles. The van der Waals surface area contributed by atoms with Crippen LogP contribution >= 0.6 is 23.4 Å². The highest BCUT2D eigenvalue weighted by molar-refractivity contribution is 7.98. The summed E-state index contributed by atoms with van der Waals surface area (Å²) in [6.45, 7) is 2.73. The Morgan fingerprint density at radius 3 is 2.67 bits per heavy atom. The van der Waals surface area contributed by atoms with E-state index in [-0.39, 0.29) is 0 Å². The Morgan fingerprint density at radius 1 is 1.17 bits per heavy atom. The zero-order valence-electron chi connectivity index (χ0n) is 10.3. The molecule has 0 atom stereocenters. The molecule has 3 heteroatoms. The van der Waals surface area contributed by atoms with Crippen molar-refractivity contribution in [3.63, 3.8) is 0 Å². The molecule has 0 amide bonds. The third kappa shape index (κ3) is 3.52. The van der Waals surface area contributed by atoms with Crippen molar-refractivity contribution in [2.24, 2.45) is 5.73 Å². The number of hydrogen-bond donors (Lipinski definition) is 1. The maximum atomic E-state index is 5.97. The minimum Gasteiger partial charge on any atom is -0.326 e. The summed E-state index contributed by atoms with van der Waals surface area (Å²) in [5, 5.41) is 0.787. The Labute approximate surface area is 117 Å². The van der Waals surface area contributed by atoms with E-state index in [1.54, 1.807) is 11.8 Å². The molecule has 1 nitrogen and oxygen atoms in total. The second-order valence-corrected chi connectivity index (χ2v) is 5.70. The molecule has 2 aromatic rings. The van der Waals surface area contributed by atoms with Crippen molar-refractivity contribution < 1.29 is 0 Å². The van der Waals surface area contributed by atoms with Crippen LogP contribution in [-0.2, 0) is 12.3 Å². The van der Waals surface area contributed by atoms with Gasteiger partial charge in [-0.1, -0.05) is 35.9 Å². The Hall–Kier alpha value is -0.960. The second kappa shape index (κ2) is 6.28. The number of aryl methyl sites for hydroxylation is 1. The van der Waals surface area contributed by atoms with Gasteiger partial charge in [0.05, 0.1) is 0 Å². The van der Waals surface area contributed by atoms with Gasteiger partial charge in [-0.15, -0.1) is 11.8 Å².